The summed E-state index contributed by atoms with van der Waals surface area (Å²) in [5.41, 5.74) is 1.08. The molecule has 0 fully saturated rings. The number of rotatable bonds is 7. The van der Waals surface area contributed by atoms with E-state index in [0.29, 0.717) is 6.16 Å². The maximum Gasteiger partial charge on any atom is 0.270 e. The maximum absolute atomic E-state index is 13.2. The summed E-state index contributed by atoms with van der Waals surface area (Å²) in [6.07, 6.45) is 4.23. The Morgan fingerprint density at radius 1 is 1.24 bits per heavy atom. The Morgan fingerprint density at radius 3 is 2.29 bits per heavy atom. The van der Waals surface area contributed by atoms with Crippen LogP contribution in [0.5, 0.6) is 0 Å². The number of allylic oxidation sites excluding steroid dienone is 1. The third-order valence-electron chi connectivity index (χ3n) is 3.07. The minimum absolute atomic E-state index is 0.132. The van der Waals surface area contributed by atoms with Crippen molar-refractivity contribution in [3.63, 3.8) is 0 Å². The second-order valence-electron chi connectivity index (χ2n) is 5.42. The standard InChI is InChI=1S/C16H23N2OPS/c1-14(2)18(15(3)4)20(19,17-13-21)12-8-11-16-9-6-5-7-10-16/h5-11,14-15H,12H2,1-4H3/b11-8+. The van der Waals surface area contributed by atoms with Crippen LogP contribution in [0.4, 0.5) is 0 Å². The molecule has 21 heavy (non-hydrogen) atoms. The summed E-state index contributed by atoms with van der Waals surface area (Å²) >= 11 is 4.70. The van der Waals surface area contributed by atoms with Crippen LogP contribution in [0.25, 0.3) is 6.08 Å². The quantitative estimate of drug-likeness (QED) is 0.397. The van der Waals surface area contributed by atoms with Crippen LogP contribution in [0.3, 0.4) is 0 Å². The van der Waals surface area contributed by atoms with Crippen molar-refractivity contribution in [1.82, 2.24) is 4.67 Å². The smallest absolute Gasteiger partial charge is 0.270 e. The van der Waals surface area contributed by atoms with E-state index in [0.717, 1.165) is 5.56 Å². The highest BCUT2D eigenvalue weighted by molar-refractivity contribution is 7.78. The van der Waals surface area contributed by atoms with Gasteiger partial charge in [0.15, 0.2) is 0 Å². The summed E-state index contributed by atoms with van der Waals surface area (Å²) in [6, 6.07) is 10.2. The molecule has 0 radical (unpaired) electrons. The van der Waals surface area contributed by atoms with Crippen molar-refractivity contribution in [1.29, 1.82) is 0 Å². The van der Waals surface area contributed by atoms with E-state index in [1.807, 2.05) is 74.8 Å². The van der Waals surface area contributed by atoms with Crippen molar-refractivity contribution in [3.8, 4) is 0 Å². The van der Waals surface area contributed by atoms with Gasteiger partial charge in [0, 0.05) is 12.1 Å². The molecule has 5 heteroatoms. The fourth-order valence-electron chi connectivity index (χ4n) is 2.46. The van der Waals surface area contributed by atoms with Gasteiger partial charge in [-0.05, 0) is 45.5 Å². The first-order chi connectivity index (χ1) is 9.90. The SMILES string of the molecule is CC(C)N(C(C)C)P(=O)(C/C=C/c1ccccc1)N=C=S. The molecule has 1 aromatic rings. The molecule has 1 rings (SSSR count). The maximum atomic E-state index is 13.2. The van der Waals surface area contributed by atoms with Gasteiger partial charge in [-0.15, -0.1) is 0 Å². The molecule has 1 aromatic carbocycles. The first-order valence-corrected chi connectivity index (χ1v) is 9.30. The van der Waals surface area contributed by atoms with Crippen LogP contribution in [0.1, 0.15) is 33.3 Å². The van der Waals surface area contributed by atoms with Gasteiger partial charge in [0.25, 0.3) is 7.44 Å². The summed E-state index contributed by atoms with van der Waals surface area (Å²) in [5, 5.41) is 2.32. The van der Waals surface area contributed by atoms with Crippen LogP contribution < -0.4 is 0 Å². The second-order valence-corrected chi connectivity index (χ2v) is 7.96. The van der Waals surface area contributed by atoms with Gasteiger partial charge in [-0.2, -0.15) is 4.76 Å². The van der Waals surface area contributed by atoms with Crippen molar-refractivity contribution in [2.24, 2.45) is 4.76 Å². The molecule has 0 aromatic heterocycles. The molecule has 0 aliphatic carbocycles. The van der Waals surface area contributed by atoms with Gasteiger partial charge < -0.3 is 0 Å². The highest BCUT2D eigenvalue weighted by Crippen LogP contribution is 2.53. The lowest BCUT2D eigenvalue weighted by atomic mass is 10.2. The molecule has 0 saturated heterocycles. The highest BCUT2D eigenvalue weighted by atomic mass is 32.1. The molecule has 3 nitrogen and oxygen atoms in total. The van der Waals surface area contributed by atoms with Gasteiger partial charge in [-0.25, -0.2) is 4.67 Å². The average Bonchev–Trinajstić information content (AvgIpc) is 2.39. The second kappa shape index (κ2) is 8.41. The molecular weight excluding hydrogens is 299 g/mol. The highest BCUT2D eigenvalue weighted by Gasteiger charge is 2.33. The molecule has 0 heterocycles. The van der Waals surface area contributed by atoms with E-state index < -0.39 is 7.44 Å². The van der Waals surface area contributed by atoms with Gasteiger partial charge in [0.05, 0.1) is 11.3 Å². The van der Waals surface area contributed by atoms with E-state index in [9.17, 15) is 4.57 Å². The summed E-state index contributed by atoms with van der Waals surface area (Å²) in [7, 11) is -2.92. The molecule has 1 atom stereocenters. The van der Waals surface area contributed by atoms with Gasteiger partial charge >= 0.3 is 0 Å². The topological polar surface area (TPSA) is 32.7 Å². The van der Waals surface area contributed by atoms with Gasteiger partial charge in [0.2, 0.25) is 0 Å². The van der Waals surface area contributed by atoms with E-state index in [-0.39, 0.29) is 12.1 Å². The Hall–Kier alpha value is -1.05. The zero-order chi connectivity index (χ0) is 15.9. The van der Waals surface area contributed by atoms with Crippen LogP contribution in [-0.2, 0) is 4.57 Å². The monoisotopic (exact) mass is 322 g/mol. The first kappa shape index (κ1) is 18.0. The van der Waals surface area contributed by atoms with Crippen LogP contribution in [0, 0.1) is 0 Å². The summed E-state index contributed by atoms with van der Waals surface area (Å²) in [4.78, 5) is 0. The lowest BCUT2D eigenvalue weighted by molar-refractivity contribution is 0.300. The fourth-order valence-corrected chi connectivity index (χ4v) is 5.17. The largest absolute Gasteiger partial charge is 0.279 e. The Bertz CT molecular complexity index is 555. The zero-order valence-corrected chi connectivity index (χ0v) is 14.8. The Labute approximate surface area is 133 Å². The van der Waals surface area contributed by atoms with E-state index in [1.165, 1.54) is 0 Å². The van der Waals surface area contributed by atoms with Crippen molar-refractivity contribution >= 4 is 30.9 Å². The third-order valence-corrected chi connectivity index (χ3v) is 6.04. The fraction of sp³-hybridized carbons (Fsp3) is 0.438. The van der Waals surface area contributed by atoms with Crippen molar-refractivity contribution in [3.05, 3.63) is 42.0 Å². The predicted molar refractivity (Wildman–Crippen MR) is 95.1 cm³/mol. The molecule has 114 valence electrons. The lowest BCUT2D eigenvalue weighted by Gasteiger charge is -2.34. The minimum atomic E-state index is -2.92. The molecule has 0 amide bonds. The average molecular weight is 322 g/mol. The zero-order valence-electron chi connectivity index (χ0n) is 13.1. The van der Waals surface area contributed by atoms with E-state index in [4.69, 9.17) is 12.2 Å². The molecule has 0 bridgehead atoms. The molecule has 1 unspecified atom stereocenters. The molecular formula is C16H23N2OPS. The summed E-state index contributed by atoms with van der Waals surface area (Å²) in [6.45, 7) is 8.08. The van der Waals surface area contributed by atoms with Gasteiger partial charge in [-0.3, -0.25) is 4.57 Å². The Balaban J connectivity index is 2.98. The van der Waals surface area contributed by atoms with Crippen molar-refractivity contribution in [2.45, 2.75) is 39.8 Å². The van der Waals surface area contributed by atoms with Gasteiger partial charge in [-0.1, -0.05) is 42.5 Å². The number of nitrogens with zero attached hydrogens (tertiary/aromatic N) is 2. The lowest BCUT2D eigenvalue weighted by Crippen LogP contribution is -2.34. The number of hydrogen-bond acceptors (Lipinski definition) is 2. The van der Waals surface area contributed by atoms with Crippen molar-refractivity contribution in [2.75, 3.05) is 6.16 Å². The summed E-state index contributed by atoms with van der Waals surface area (Å²) in [5.74, 6) is 0. The van der Waals surface area contributed by atoms with Crippen LogP contribution in [-0.4, -0.2) is 28.1 Å². The minimum Gasteiger partial charge on any atom is -0.279 e. The van der Waals surface area contributed by atoms with E-state index >= 15 is 0 Å². The van der Waals surface area contributed by atoms with Crippen LogP contribution >= 0.6 is 19.7 Å². The normalized spacial score (nSPS) is 14.6. The Kier molecular flexibility index (Phi) is 7.21. The number of benzene rings is 1. The van der Waals surface area contributed by atoms with E-state index in [2.05, 4.69) is 9.92 Å². The van der Waals surface area contributed by atoms with E-state index in [1.54, 1.807) is 0 Å². The summed E-state index contributed by atoms with van der Waals surface area (Å²) < 4.78 is 19.1. The van der Waals surface area contributed by atoms with Crippen LogP contribution in [0.15, 0.2) is 41.2 Å². The third kappa shape index (κ3) is 5.33. The predicted octanol–water partition coefficient (Wildman–Crippen LogP) is 5.11. The first-order valence-electron chi connectivity index (χ1n) is 7.09. The molecule has 0 spiro atoms. The molecule has 0 aliphatic heterocycles. The molecule has 0 aliphatic rings. The number of isothiocyanates is 1. The molecule has 0 N–H and O–H groups in total. The molecule has 0 saturated carbocycles. The van der Waals surface area contributed by atoms with Gasteiger partial charge in [0.1, 0.15) is 0 Å². The number of hydrogen-bond donors (Lipinski definition) is 0. The van der Waals surface area contributed by atoms with Crippen LogP contribution in [0.2, 0.25) is 0 Å². The Morgan fingerprint density at radius 2 is 1.81 bits per heavy atom. The van der Waals surface area contributed by atoms with Crippen molar-refractivity contribution < 1.29 is 4.57 Å². The number of thiocarbonyl (C=S) groups is 1.